The van der Waals surface area contributed by atoms with E-state index in [2.05, 4.69) is 15.3 Å². The van der Waals surface area contributed by atoms with Gasteiger partial charge in [-0.05, 0) is 12.8 Å². The summed E-state index contributed by atoms with van der Waals surface area (Å²) in [7, 11) is 0. The van der Waals surface area contributed by atoms with Crippen molar-refractivity contribution in [3.63, 3.8) is 0 Å². The molecule has 0 spiro atoms. The van der Waals surface area contributed by atoms with Crippen LogP contribution < -0.4 is 10.2 Å². The molecule has 21 heavy (non-hydrogen) atoms. The highest BCUT2D eigenvalue weighted by molar-refractivity contribution is 6.29. The summed E-state index contributed by atoms with van der Waals surface area (Å²) in [6.45, 7) is 0.952. The lowest BCUT2D eigenvalue weighted by Gasteiger charge is -2.36. The van der Waals surface area contributed by atoms with Crippen LogP contribution in [0.25, 0.3) is 0 Å². The van der Waals surface area contributed by atoms with Crippen LogP contribution in [0.1, 0.15) is 18.7 Å². The first-order chi connectivity index (χ1) is 9.86. The number of halogens is 4. The largest absolute Gasteiger partial charge is 0.451 e. The SMILES string of the molecule is O=C1NCC2C1CCCN2c1cc(Cl)nc(C(F)(F)F)n1. The molecule has 0 saturated carbocycles. The Morgan fingerprint density at radius 1 is 1.38 bits per heavy atom. The molecule has 2 fully saturated rings. The molecule has 2 aliphatic rings. The molecule has 2 saturated heterocycles. The first kappa shape index (κ1) is 14.4. The van der Waals surface area contributed by atoms with Gasteiger partial charge in [-0.25, -0.2) is 9.97 Å². The van der Waals surface area contributed by atoms with E-state index in [1.165, 1.54) is 6.07 Å². The van der Waals surface area contributed by atoms with Gasteiger partial charge in [0.15, 0.2) is 0 Å². The topological polar surface area (TPSA) is 58.1 Å². The van der Waals surface area contributed by atoms with Crippen molar-refractivity contribution in [1.29, 1.82) is 0 Å². The minimum Gasteiger partial charge on any atom is -0.354 e. The lowest BCUT2D eigenvalue weighted by molar-refractivity contribution is -0.144. The lowest BCUT2D eigenvalue weighted by atomic mass is 9.91. The van der Waals surface area contributed by atoms with Crippen molar-refractivity contribution in [3.05, 3.63) is 17.0 Å². The highest BCUT2D eigenvalue weighted by atomic mass is 35.5. The standard InChI is InChI=1S/C12H12ClF3N4O/c13-8-4-9(19-11(18-8)12(14,15)16)20-3-1-2-6-7(20)5-17-10(6)21/h4,6-7H,1-3,5H2,(H,17,21). The monoisotopic (exact) mass is 320 g/mol. The number of alkyl halides is 3. The number of aromatic nitrogens is 2. The van der Waals surface area contributed by atoms with E-state index in [1.54, 1.807) is 4.90 Å². The molecule has 1 N–H and O–H groups in total. The number of nitrogens with zero attached hydrogens (tertiary/aromatic N) is 3. The maximum Gasteiger partial charge on any atom is 0.451 e. The molecule has 0 aromatic carbocycles. The summed E-state index contributed by atoms with van der Waals surface area (Å²) in [4.78, 5) is 20.2. The third kappa shape index (κ3) is 2.64. The van der Waals surface area contributed by atoms with Crippen LogP contribution >= 0.6 is 11.6 Å². The van der Waals surface area contributed by atoms with E-state index in [0.717, 1.165) is 12.8 Å². The molecule has 2 aliphatic heterocycles. The second kappa shape index (κ2) is 5.01. The minimum atomic E-state index is -4.65. The van der Waals surface area contributed by atoms with E-state index in [0.29, 0.717) is 13.1 Å². The zero-order valence-electron chi connectivity index (χ0n) is 10.8. The first-order valence-corrected chi connectivity index (χ1v) is 6.90. The van der Waals surface area contributed by atoms with Crippen molar-refractivity contribution < 1.29 is 18.0 Å². The van der Waals surface area contributed by atoms with Gasteiger partial charge in [0.2, 0.25) is 11.7 Å². The molecule has 1 aromatic heterocycles. The number of anilines is 1. The summed E-state index contributed by atoms with van der Waals surface area (Å²) < 4.78 is 38.3. The second-order valence-corrected chi connectivity index (χ2v) is 5.51. The van der Waals surface area contributed by atoms with Gasteiger partial charge in [0.1, 0.15) is 11.0 Å². The number of fused-ring (bicyclic) bond motifs is 1. The van der Waals surface area contributed by atoms with Gasteiger partial charge in [0.05, 0.1) is 12.0 Å². The van der Waals surface area contributed by atoms with Gasteiger partial charge >= 0.3 is 6.18 Å². The summed E-state index contributed by atoms with van der Waals surface area (Å²) in [5.74, 6) is -1.40. The van der Waals surface area contributed by atoms with Crippen LogP contribution in [0.4, 0.5) is 19.0 Å². The Balaban J connectivity index is 1.96. The van der Waals surface area contributed by atoms with E-state index >= 15 is 0 Å². The fourth-order valence-corrected chi connectivity index (χ4v) is 3.09. The molecule has 3 heterocycles. The van der Waals surface area contributed by atoms with Gasteiger partial charge < -0.3 is 10.2 Å². The Kier molecular flexibility index (Phi) is 3.43. The Morgan fingerprint density at radius 3 is 2.86 bits per heavy atom. The van der Waals surface area contributed by atoms with E-state index in [-0.39, 0.29) is 28.8 Å². The van der Waals surface area contributed by atoms with E-state index in [9.17, 15) is 18.0 Å². The van der Waals surface area contributed by atoms with Gasteiger partial charge in [0.25, 0.3) is 0 Å². The van der Waals surface area contributed by atoms with Crippen LogP contribution in [0.2, 0.25) is 5.15 Å². The number of amides is 1. The third-order valence-corrected chi connectivity index (χ3v) is 4.02. The van der Waals surface area contributed by atoms with Crippen LogP contribution in [0, 0.1) is 5.92 Å². The summed E-state index contributed by atoms with van der Waals surface area (Å²) in [5.41, 5.74) is 0. The van der Waals surface area contributed by atoms with Crippen LogP contribution in [-0.2, 0) is 11.0 Å². The van der Waals surface area contributed by atoms with Crippen molar-refractivity contribution in [3.8, 4) is 0 Å². The van der Waals surface area contributed by atoms with E-state index in [4.69, 9.17) is 11.6 Å². The number of piperidine rings is 1. The van der Waals surface area contributed by atoms with Gasteiger partial charge in [-0.15, -0.1) is 0 Å². The Bertz CT molecular complexity index is 580. The predicted octanol–water partition coefficient (Wildman–Crippen LogP) is 1.86. The third-order valence-electron chi connectivity index (χ3n) is 3.83. The molecule has 2 atom stereocenters. The molecule has 3 rings (SSSR count). The number of carbonyl (C=O) groups excluding carboxylic acids is 1. The maximum atomic E-state index is 12.8. The number of rotatable bonds is 1. The van der Waals surface area contributed by atoms with E-state index < -0.39 is 12.0 Å². The molecule has 5 nitrogen and oxygen atoms in total. The molecule has 114 valence electrons. The number of hydrogen-bond donors (Lipinski definition) is 1. The Labute approximate surface area is 123 Å². The molecule has 0 aliphatic carbocycles. The first-order valence-electron chi connectivity index (χ1n) is 6.52. The lowest BCUT2D eigenvalue weighted by Crippen LogP contribution is -2.46. The van der Waals surface area contributed by atoms with Crippen molar-refractivity contribution in [2.45, 2.75) is 25.1 Å². The maximum absolute atomic E-state index is 12.8. The molecular weight excluding hydrogens is 309 g/mol. The zero-order chi connectivity index (χ0) is 15.2. The highest BCUT2D eigenvalue weighted by Gasteiger charge is 2.42. The van der Waals surface area contributed by atoms with Crippen LogP contribution in [0.15, 0.2) is 6.07 Å². The smallest absolute Gasteiger partial charge is 0.354 e. The number of carbonyl (C=O) groups is 1. The second-order valence-electron chi connectivity index (χ2n) is 5.12. The predicted molar refractivity (Wildman–Crippen MR) is 68.9 cm³/mol. The van der Waals surface area contributed by atoms with E-state index in [1.807, 2.05) is 0 Å². The Morgan fingerprint density at radius 2 is 2.14 bits per heavy atom. The van der Waals surface area contributed by atoms with Crippen LogP contribution in [-0.4, -0.2) is 35.0 Å². The van der Waals surface area contributed by atoms with Crippen LogP contribution in [0.3, 0.4) is 0 Å². The normalized spacial score (nSPS) is 25.7. The number of nitrogens with one attached hydrogen (secondary N) is 1. The number of hydrogen-bond acceptors (Lipinski definition) is 4. The van der Waals surface area contributed by atoms with Crippen LogP contribution in [0.5, 0.6) is 0 Å². The van der Waals surface area contributed by atoms with Crippen molar-refractivity contribution in [1.82, 2.24) is 15.3 Å². The average molecular weight is 321 g/mol. The van der Waals surface area contributed by atoms with Gasteiger partial charge in [-0.3, -0.25) is 4.79 Å². The molecule has 1 amide bonds. The van der Waals surface area contributed by atoms with Crippen molar-refractivity contribution >= 4 is 23.3 Å². The summed E-state index contributed by atoms with van der Waals surface area (Å²) >= 11 is 5.69. The molecular formula is C12H12ClF3N4O. The zero-order valence-corrected chi connectivity index (χ0v) is 11.6. The summed E-state index contributed by atoms with van der Waals surface area (Å²) in [6, 6.07) is 1.13. The highest BCUT2D eigenvalue weighted by Crippen LogP contribution is 2.34. The van der Waals surface area contributed by atoms with Crippen molar-refractivity contribution in [2.24, 2.45) is 5.92 Å². The quantitative estimate of drug-likeness (QED) is 0.803. The Hall–Kier alpha value is -1.57. The molecule has 2 unspecified atom stereocenters. The van der Waals surface area contributed by atoms with Gasteiger partial charge in [-0.1, -0.05) is 11.6 Å². The average Bonchev–Trinajstić information content (AvgIpc) is 2.79. The fraction of sp³-hybridized carbons (Fsp3) is 0.583. The summed E-state index contributed by atoms with van der Waals surface area (Å²) in [5, 5.41) is 2.48. The van der Waals surface area contributed by atoms with Gasteiger partial charge in [0, 0.05) is 19.2 Å². The van der Waals surface area contributed by atoms with Crippen molar-refractivity contribution in [2.75, 3.05) is 18.0 Å². The minimum absolute atomic E-state index is 0.0547. The molecule has 1 aromatic rings. The molecule has 0 radical (unpaired) electrons. The molecule has 0 bridgehead atoms. The van der Waals surface area contributed by atoms with Gasteiger partial charge in [-0.2, -0.15) is 13.2 Å². The molecule has 9 heteroatoms. The summed E-state index contributed by atoms with van der Waals surface area (Å²) in [6.07, 6.45) is -3.20. The fourth-order valence-electron chi connectivity index (χ4n) is 2.92.